The summed E-state index contributed by atoms with van der Waals surface area (Å²) in [4.78, 5) is 22.8. The van der Waals surface area contributed by atoms with Crippen molar-refractivity contribution in [1.82, 2.24) is 5.32 Å². The van der Waals surface area contributed by atoms with Gasteiger partial charge in [0.15, 0.2) is 0 Å². The van der Waals surface area contributed by atoms with Gasteiger partial charge >= 0.3 is 0 Å². The smallest absolute Gasteiger partial charge is 0.246 e. The third kappa shape index (κ3) is 2.84. The van der Waals surface area contributed by atoms with Crippen molar-refractivity contribution in [3.05, 3.63) is 29.8 Å². The van der Waals surface area contributed by atoms with Crippen molar-refractivity contribution in [2.24, 2.45) is 0 Å². The fourth-order valence-electron chi connectivity index (χ4n) is 1.86. The van der Waals surface area contributed by atoms with Crippen LogP contribution in [0.1, 0.15) is 25.3 Å². The lowest BCUT2D eigenvalue weighted by molar-refractivity contribution is -0.122. The number of hydrogen-bond donors (Lipinski definition) is 2. The highest BCUT2D eigenvalue weighted by atomic mass is 16.2. The summed E-state index contributed by atoms with van der Waals surface area (Å²) in [5, 5.41) is 5.45. The Hall–Kier alpha value is -1.84. The van der Waals surface area contributed by atoms with Crippen LogP contribution in [0.3, 0.4) is 0 Å². The molecule has 0 saturated carbocycles. The van der Waals surface area contributed by atoms with Crippen molar-refractivity contribution < 1.29 is 9.59 Å². The lowest BCUT2D eigenvalue weighted by atomic mass is 10.1. The second-order valence-corrected chi connectivity index (χ2v) is 4.20. The van der Waals surface area contributed by atoms with E-state index in [0.29, 0.717) is 12.8 Å². The van der Waals surface area contributed by atoms with Crippen molar-refractivity contribution in [1.29, 1.82) is 0 Å². The van der Waals surface area contributed by atoms with Crippen LogP contribution in [-0.2, 0) is 16.0 Å². The molecule has 0 aliphatic carbocycles. The first-order valence-electron chi connectivity index (χ1n) is 5.88. The Morgan fingerprint density at radius 1 is 1.41 bits per heavy atom. The van der Waals surface area contributed by atoms with Crippen molar-refractivity contribution in [3.8, 4) is 0 Å². The van der Waals surface area contributed by atoms with E-state index in [2.05, 4.69) is 17.6 Å². The summed E-state index contributed by atoms with van der Waals surface area (Å²) in [6.45, 7) is 2.08. The van der Waals surface area contributed by atoms with Gasteiger partial charge in [0, 0.05) is 12.1 Å². The molecule has 0 radical (unpaired) electrons. The lowest BCUT2D eigenvalue weighted by Gasteiger charge is -2.11. The molecule has 0 aromatic heterocycles. The van der Waals surface area contributed by atoms with E-state index in [1.165, 1.54) is 5.56 Å². The molecule has 1 aromatic carbocycles. The Morgan fingerprint density at radius 2 is 2.12 bits per heavy atom. The van der Waals surface area contributed by atoms with Crippen molar-refractivity contribution >= 4 is 17.5 Å². The van der Waals surface area contributed by atoms with E-state index in [4.69, 9.17) is 0 Å². The summed E-state index contributed by atoms with van der Waals surface area (Å²) in [7, 11) is 0. The molecule has 1 aliphatic heterocycles. The number of amides is 2. The molecule has 1 unspecified atom stereocenters. The van der Waals surface area contributed by atoms with E-state index < -0.39 is 0 Å². The molecular weight excluding hydrogens is 216 g/mol. The molecule has 2 N–H and O–H groups in total. The Bertz CT molecular complexity index is 426. The molecule has 0 spiro atoms. The average molecular weight is 232 g/mol. The monoisotopic (exact) mass is 232 g/mol. The van der Waals surface area contributed by atoms with Crippen LogP contribution >= 0.6 is 0 Å². The summed E-state index contributed by atoms with van der Waals surface area (Å²) < 4.78 is 0. The van der Waals surface area contributed by atoms with Crippen LogP contribution in [-0.4, -0.2) is 17.9 Å². The zero-order valence-electron chi connectivity index (χ0n) is 9.82. The highest BCUT2D eigenvalue weighted by molar-refractivity contribution is 5.98. The number of carbonyl (C=O) groups is 2. The first-order valence-corrected chi connectivity index (χ1v) is 5.88. The van der Waals surface area contributed by atoms with E-state index in [-0.39, 0.29) is 17.9 Å². The van der Waals surface area contributed by atoms with Gasteiger partial charge in [0.2, 0.25) is 11.8 Å². The first-order chi connectivity index (χ1) is 8.19. The van der Waals surface area contributed by atoms with Gasteiger partial charge in [-0.05, 0) is 30.5 Å². The molecular formula is C13H16N2O2. The number of rotatable bonds is 3. The van der Waals surface area contributed by atoms with Gasteiger partial charge in [0.1, 0.15) is 6.04 Å². The fraction of sp³-hybridized carbons (Fsp3) is 0.385. The first kappa shape index (κ1) is 11.6. The summed E-state index contributed by atoms with van der Waals surface area (Å²) in [5.41, 5.74) is 2.01. The minimum Gasteiger partial charge on any atom is -0.344 e. The second kappa shape index (κ2) is 4.99. The van der Waals surface area contributed by atoms with Crippen LogP contribution in [0.25, 0.3) is 0 Å². The minimum atomic E-state index is -0.381. The van der Waals surface area contributed by atoms with E-state index in [0.717, 1.165) is 12.1 Å². The third-order valence-corrected chi connectivity index (χ3v) is 2.94. The standard InChI is InChI=1S/C13H16N2O2/c1-2-9-3-5-10(6-4-9)14-13(17)11-7-8-12(16)15-11/h3-6,11H,2,7-8H2,1H3,(H,14,17)(H,15,16). The van der Waals surface area contributed by atoms with Gasteiger partial charge in [0.25, 0.3) is 0 Å². The van der Waals surface area contributed by atoms with Crippen LogP contribution in [0.5, 0.6) is 0 Å². The van der Waals surface area contributed by atoms with Crippen LogP contribution in [0.2, 0.25) is 0 Å². The number of nitrogens with one attached hydrogen (secondary N) is 2. The number of aryl methyl sites for hydroxylation is 1. The Labute approximate surface area is 100 Å². The summed E-state index contributed by atoms with van der Waals surface area (Å²) >= 11 is 0. The van der Waals surface area contributed by atoms with Crippen LogP contribution < -0.4 is 10.6 Å². The predicted molar refractivity (Wildman–Crippen MR) is 65.6 cm³/mol. The van der Waals surface area contributed by atoms with Gasteiger partial charge in [-0.2, -0.15) is 0 Å². The number of hydrogen-bond acceptors (Lipinski definition) is 2. The van der Waals surface area contributed by atoms with Gasteiger partial charge in [-0.1, -0.05) is 19.1 Å². The summed E-state index contributed by atoms with van der Waals surface area (Å²) in [5.74, 6) is -0.188. The molecule has 17 heavy (non-hydrogen) atoms. The maximum absolute atomic E-state index is 11.8. The van der Waals surface area contributed by atoms with Gasteiger partial charge in [-0.15, -0.1) is 0 Å². The predicted octanol–water partition coefficient (Wildman–Crippen LogP) is 1.47. The van der Waals surface area contributed by atoms with Crippen molar-refractivity contribution in [2.45, 2.75) is 32.2 Å². The normalized spacial score (nSPS) is 18.9. The van der Waals surface area contributed by atoms with Gasteiger partial charge in [-0.25, -0.2) is 0 Å². The van der Waals surface area contributed by atoms with E-state index in [9.17, 15) is 9.59 Å². The molecule has 90 valence electrons. The molecule has 1 fully saturated rings. The largest absolute Gasteiger partial charge is 0.344 e. The molecule has 1 heterocycles. The zero-order chi connectivity index (χ0) is 12.3. The molecule has 1 saturated heterocycles. The maximum atomic E-state index is 11.8. The molecule has 1 aromatic rings. The molecule has 4 heteroatoms. The Kier molecular flexibility index (Phi) is 3.42. The quantitative estimate of drug-likeness (QED) is 0.829. The summed E-state index contributed by atoms with van der Waals surface area (Å²) in [6.07, 6.45) is 2.00. The highest BCUT2D eigenvalue weighted by Gasteiger charge is 2.26. The van der Waals surface area contributed by atoms with E-state index in [1.807, 2.05) is 24.3 Å². The number of benzene rings is 1. The fourth-order valence-corrected chi connectivity index (χ4v) is 1.86. The van der Waals surface area contributed by atoms with Gasteiger partial charge < -0.3 is 10.6 Å². The van der Waals surface area contributed by atoms with Crippen molar-refractivity contribution in [3.63, 3.8) is 0 Å². The second-order valence-electron chi connectivity index (χ2n) is 4.20. The van der Waals surface area contributed by atoms with Crippen LogP contribution in [0.4, 0.5) is 5.69 Å². The average Bonchev–Trinajstić information content (AvgIpc) is 2.77. The van der Waals surface area contributed by atoms with Crippen LogP contribution in [0, 0.1) is 0 Å². The Morgan fingerprint density at radius 3 is 2.65 bits per heavy atom. The molecule has 4 nitrogen and oxygen atoms in total. The summed E-state index contributed by atoms with van der Waals surface area (Å²) in [6, 6.07) is 7.36. The Balaban J connectivity index is 1.95. The molecule has 1 aliphatic rings. The zero-order valence-corrected chi connectivity index (χ0v) is 9.82. The van der Waals surface area contributed by atoms with Gasteiger partial charge in [0.05, 0.1) is 0 Å². The maximum Gasteiger partial charge on any atom is 0.246 e. The van der Waals surface area contributed by atoms with Crippen LogP contribution in [0.15, 0.2) is 24.3 Å². The SMILES string of the molecule is CCc1ccc(NC(=O)C2CCC(=O)N2)cc1. The highest BCUT2D eigenvalue weighted by Crippen LogP contribution is 2.13. The topological polar surface area (TPSA) is 58.2 Å². The minimum absolute atomic E-state index is 0.0496. The molecule has 0 bridgehead atoms. The number of carbonyl (C=O) groups excluding carboxylic acids is 2. The van der Waals surface area contributed by atoms with E-state index in [1.54, 1.807) is 0 Å². The third-order valence-electron chi connectivity index (χ3n) is 2.94. The molecule has 1 atom stereocenters. The van der Waals surface area contributed by atoms with Gasteiger partial charge in [-0.3, -0.25) is 9.59 Å². The molecule has 2 rings (SSSR count). The lowest BCUT2D eigenvalue weighted by Crippen LogP contribution is -2.37. The number of anilines is 1. The van der Waals surface area contributed by atoms with E-state index >= 15 is 0 Å². The molecule has 2 amide bonds. The van der Waals surface area contributed by atoms with Crippen molar-refractivity contribution in [2.75, 3.05) is 5.32 Å².